The molecule has 1 N–H and O–H groups in total. The van der Waals surface area contributed by atoms with Crippen molar-refractivity contribution in [3.8, 4) is 5.75 Å². The van der Waals surface area contributed by atoms with E-state index < -0.39 is 6.10 Å². The third-order valence-corrected chi connectivity index (χ3v) is 4.42. The molecule has 23 heavy (non-hydrogen) atoms. The number of ether oxygens (including phenoxy) is 1. The van der Waals surface area contributed by atoms with Crippen molar-refractivity contribution in [2.75, 3.05) is 18.0 Å². The molecule has 0 aliphatic carbocycles. The summed E-state index contributed by atoms with van der Waals surface area (Å²) < 4.78 is 5.56. The maximum Gasteiger partial charge on any atom is 0.268 e. The average Bonchev–Trinajstić information content (AvgIpc) is 3.05. The molecule has 2 aromatic rings. The van der Waals surface area contributed by atoms with Crippen molar-refractivity contribution in [1.82, 2.24) is 5.32 Å². The van der Waals surface area contributed by atoms with E-state index in [0.29, 0.717) is 18.0 Å². The Morgan fingerprint density at radius 3 is 2.96 bits per heavy atom. The molecule has 1 aliphatic heterocycles. The molecule has 1 aliphatic rings. The van der Waals surface area contributed by atoms with Crippen LogP contribution in [0.3, 0.4) is 0 Å². The minimum atomic E-state index is -0.580. The summed E-state index contributed by atoms with van der Waals surface area (Å²) in [6.45, 7) is 2.26. The first-order valence-electron chi connectivity index (χ1n) is 7.50. The van der Waals surface area contributed by atoms with Gasteiger partial charge in [-0.05, 0) is 47.9 Å². The van der Waals surface area contributed by atoms with E-state index in [1.807, 2.05) is 23.6 Å². The van der Waals surface area contributed by atoms with Crippen LogP contribution < -0.4 is 15.0 Å². The molecular weight excluding hydrogens is 312 g/mol. The van der Waals surface area contributed by atoms with E-state index in [2.05, 4.69) is 10.7 Å². The molecule has 1 aromatic carbocycles. The summed E-state index contributed by atoms with van der Waals surface area (Å²) >= 11 is 1.64. The highest BCUT2D eigenvalue weighted by molar-refractivity contribution is 7.07. The number of amides is 2. The van der Waals surface area contributed by atoms with Crippen molar-refractivity contribution in [2.24, 2.45) is 0 Å². The van der Waals surface area contributed by atoms with Crippen LogP contribution >= 0.6 is 11.3 Å². The summed E-state index contributed by atoms with van der Waals surface area (Å²) in [7, 11) is 0. The number of nitrogens with zero attached hydrogens (tertiary/aromatic N) is 1. The Hall–Kier alpha value is -2.34. The largest absolute Gasteiger partial charge is 0.479 e. The van der Waals surface area contributed by atoms with Crippen molar-refractivity contribution in [2.45, 2.75) is 19.4 Å². The van der Waals surface area contributed by atoms with Gasteiger partial charge in [-0.2, -0.15) is 11.3 Å². The topological polar surface area (TPSA) is 58.6 Å². The molecule has 2 heterocycles. The fourth-order valence-electron chi connectivity index (χ4n) is 2.50. The maximum atomic E-state index is 12.3. The second-order valence-electron chi connectivity index (χ2n) is 5.38. The number of hydrogen-bond donors (Lipinski definition) is 1. The molecule has 0 radical (unpaired) electrons. The van der Waals surface area contributed by atoms with E-state index in [1.165, 1.54) is 10.5 Å². The molecule has 0 spiro atoms. The molecule has 0 unspecified atom stereocenters. The second kappa shape index (κ2) is 6.83. The Balaban J connectivity index is 1.62. The van der Waals surface area contributed by atoms with Gasteiger partial charge in [0.25, 0.3) is 5.91 Å². The van der Waals surface area contributed by atoms with Gasteiger partial charge in [0.05, 0.1) is 5.69 Å². The van der Waals surface area contributed by atoms with Crippen LogP contribution in [0.1, 0.15) is 12.5 Å². The third kappa shape index (κ3) is 3.53. The zero-order valence-electron chi connectivity index (χ0n) is 12.8. The van der Waals surface area contributed by atoms with Crippen LogP contribution in [-0.4, -0.2) is 31.0 Å². The van der Waals surface area contributed by atoms with Crippen molar-refractivity contribution in [1.29, 1.82) is 0 Å². The van der Waals surface area contributed by atoms with Gasteiger partial charge in [0.15, 0.2) is 6.10 Å². The van der Waals surface area contributed by atoms with E-state index in [0.717, 1.165) is 6.42 Å². The average molecular weight is 330 g/mol. The van der Waals surface area contributed by atoms with Gasteiger partial charge in [-0.25, -0.2) is 0 Å². The smallest absolute Gasteiger partial charge is 0.268 e. The fourth-order valence-corrected chi connectivity index (χ4v) is 3.21. The Bertz CT molecular complexity index is 700. The van der Waals surface area contributed by atoms with Crippen LogP contribution in [0.4, 0.5) is 5.69 Å². The molecule has 0 saturated heterocycles. The quantitative estimate of drug-likeness (QED) is 0.914. The summed E-state index contributed by atoms with van der Waals surface area (Å²) in [6, 6.07) is 9.31. The number of benzene rings is 1. The minimum absolute atomic E-state index is 0.00713. The summed E-state index contributed by atoms with van der Waals surface area (Å²) in [5.74, 6) is 0.264. The first-order valence-corrected chi connectivity index (χ1v) is 8.44. The standard InChI is InChI=1S/C17H18N2O3S/c1-12-17(21)19(14-4-2-3-5-15(14)22-12)10-16(20)18-8-6-13-7-9-23-11-13/h2-5,7,9,11-12H,6,8,10H2,1H3,(H,18,20)/t12-/m1/s1. The normalized spacial score (nSPS) is 16.7. The minimum Gasteiger partial charge on any atom is -0.479 e. The first kappa shape index (κ1) is 15.6. The summed E-state index contributed by atoms with van der Waals surface area (Å²) in [5.41, 5.74) is 1.85. The molecule has 6 heteroatoms. The lowest BCUT2D eigenvalue weighted by molar-refractivity contribution is -0.128. The Kier molecular flexibility index (Phi) is 4.62. The van der Waals surface area contributed by atoms with Crippen LogP contribution in [0.5, 0.6) is 5.75 Å². The van der Waals surface area contributed by atoms with Crippen molar-refractivity contribution in [3.63, 3.8) is 0 Å². The third-order valence-electron chi connectivity index (χ3n) is 3.69. The second-order valence-corrected chi connectivity index (χ2v) is 6.16. The van der Waals surface area contributed by atoms with Gasteiger partial charge in [-0.1, -0.05) is 12.1 Å². The van der Waals surface area contributed by atoms with E-state index in [1.54, 1.807) is 30.4 Å². The number of thiophene rings is 1. The Labute approximate surface area is 138 Å². The molecule has 120 valence electrons. The van der Waals surface area contributed by atoms with E-state index in [9.17, 15) is 9.59 Å². The molecule has 2 amide bonds. The number of para-hydroxylation sites is 2. The molecule has 0 bridgehead atoms. The number of carbonyl (C=O) groups excluding carboxylic acids is 2. The number of fused-ring (bicyclic) bond motifs is 1. The van der Waals surface area contributed by atoms with Crippen LogP contribution in [-0.2, 0) is 16.0 Å². The fraction of sp³-hybridized carbons (Fsp3) is 0.294. The highest BCUT2D eigenvalue weighted by atomic mass is 32.1. The zero-order chi connectivity index (χ0) is 16.2. The van der Waals surface area contributed by atoms with Crippen molar-refractivity contribution >= 4 is 28.8 Å². The maximum absolute atomic E-state index is 12.3. The SMILES string of the molecule is C[C@H]1Oc2ccccc2N(CC(=O)NCCc2ccsc2)C1=O. The van der Waals surface area contributed by atoms with Crippen LogP contribution in [0, 0.1) is 0 Å². The highest BCUT2D eigenvalue weighted by Crippen LogP contribution is 2.33. The summed E-state index contributed by atoms with van der Waals surface area (Å²) in [6.07, 6.45) is 0.211. The molecule has 1 atom stereocenters. The Morgan fingerprint density at radius 1 is 1.35 bits per heavy atom. The van der Waals surface area contributed by atoms with Gasteiger partial charge in [0.2, 0.25) is 5.91 Å². The Morgan fingerprint density at radius 2 is 2.17 bits per heavy atom. The van der Waals surface area contributed by atoms with Gasteiger partial charge in [0.1, 0.15) is 12.3 Å². The number of rotatable bonds is 5. The number of carbonyl (C=O) groups is 2. The molecule has 0 saturated carbocycles. The predicted molar refractivity (Wildman–Crippen MR) is 89.9 cm³/mol. The van der Waals surface area contributed by atoms with Gasteiger partial charge in [0, 0.05) is 6.54 Å². The van der Waals surface area contributed by atoms with Crippen molar-refractivity contribution in [3.05, 3.63) is 46.7 Å². The lowest BCUT2D eigenvalue weighted by Crippen LogP contribution is -2.49. The van der Waals surface area contributed by atoms with Gasteiger partial charge in [-0.3, -0.25) is 14.5 Å². The highest BCUT2D eigenvalue weighted by Gasteiger charge is 2.32. The zero-order valence-corrected chi connectivity index (χ0v) is 13.6. The predicted octanol–water partition coefficient (Wildman–Crippen LogP) is 2.22. The van der Waals surface area contributed by atoms with Crippen LogP contribution in [0.15, 0.2) is 41.1 Å². The summed E-state index contributed by atoms with van der Waals surface area (Å²) in [4.78, 5) is 26.0. The van der Waals surface area contributed by atoms with E-state index in [-0.39, 0.29) is 18.4 Å². The molecule has 1 aromatic heterocycles. The molecule has 0 fully saturated rings. The van der Waals surface area contributed by atoms with Gasteiger partial charge in [-0.15, -0.1) is 0 Å². The lowest BCUT2D eigenvalue weighted by Gasteiger charge is -2.32. The molecule has 3 rings (SSSR count). The lowest BCUT2D eigenvalue weighted by atomic mass is 10.2. The van der Waals surface area contributed by atoms with Gasteiger partial charge < -0.3 is 10.1 Å². The molecule has 5 nitrogen and oxygen atoms in total. The van der Waals surface area contributed by atoms with Crippen LogP contribution in [0.2, 0.25) is 0 Å². The van der Waals surface area contributed by atoms with E-state index in [4.69, 9.17) is 4.74 Å². The molecular formula is C17H18N2O3S. The number of anilines is 1. The number of hydrogen-bond acceptors (Lipinski definition) is 4. The van der Waals surface area contributed by atoms with Crippen molar-refractivity contribution < 1.29 is 14.3 Å². The monoisotopic (exact) mass is 330 g/mol. The van der Waals surface area contributed by atoms with Crippen LogP contribution in [0.25, 0.3) is 0 Å². The summed E-state index contributed by atoms with van der Waals surface area (Å²) in [5, 5.41) is 6.95. The van der Waals surface area contributed by atoms with E-state index >= 15 is 0 Å². The first-order chi connectivity index (χ1) is 11.1. The number of nitrogens with one attached hydrogen (secondary N) is 1. The van der Waals surface area contributed by atoms with Gasteiger partial charge >= 0.3 is 0 Å².